The fourth-order valence-corrected chi connectivity index (χ4v) is 1.57. The molecular weight excluding hydrogens is 281 g/mol. The van der Waals surface area contributed by atoms with Crippen LogP contribution in [0.15, 0.2) is 6.07 Å². The van der Waals surface area contributed by atoms with Crippen LogP contribution in [0.3, 0.4) is 0 Å². The van der Waals surface area contributed by atoms with Crippen LogP contribution in [-0.4, -0.2) is 33.2 Å². The Morgan fingerprint density at radius 1 is 1.33 bits per heavy atom. The van der Waals surface area contributed by atoms with Crippen LogP contribution < -0.4 is 5.32 Å². The summed E-state index contributed by atoms with van der Waals surface area (Å²) in [5.74, 6) is -2.05. The predicted molar refractivity (Wildman–Crippen MR) is 65.8 cm³/mol. The Labute approximate surface area is 113 Å². The van der Waals surface area contributed by atoms with Gasteiger partial charge >= 0.3 is 5.97 Å². The van der Waals surface area contributed by atoms with Gasteiger partial charge in [-0.1, -0.05) is 37.0 Å². The average Bonchev–Trinajstić information content (AvgIpc) is 2.28. The molecule has 2 N–H and O–H groups in total. The molecule has 0 fully saturated rings. The van der Waals surface area contributed by atoms with Gasteiger partial charge < -0.3 is 10.4 Å². The standard InChI is InChI=1S/C10H11Cl2N3O3/c1-4(2)7(10(17)18)13-9(16)5-3-6(11)14-15-8(5)12/h3-4,7H,1-2H3,(H,13,16)(H,17,18). The second kappa shape index (κ2) is 5.97. The molecule has 1 unspecified atom stereocenters. The molecule has 1 heterocycles. The minimum absolute atomic E-state index is 0.000900. The van der Waals surface area contributed by atoms with Crippen LogP contribution in [0.25, 0.3) is 0 Å². The van der Waals surface area contributed by atoms with Gasteiger partial charge in [0.15, 0.2) is 10.3 Å². The van der Waals surface area contributed by atoms with Crippen molar-refractivity contribution < 1.29 is 14.7 Å². The van der Waals surface area contributed by atoms with E-state index in [2.05, 4.69) is 15.5 Å². The van der Waals surface area contributed by atoms with Crippen LogP contribution in [0.2, 0.25) is 10.3 Å². The SMILES string of the molecule is CC(C)C(NC(=O)c1cc(Cl)nnc1Cl)C(=O)O. The van der Waals surface area contributed by atoms with Crippen LogP contribution in [-0.2, 0) is 4.79 Å². The fraction of sp³-hybridized carbons (Fsp3) is 0.400. The number of aliphatic carboxylic acids is 1. The summed E-state index contributed by atoms with van der Waals surface area (Å²) in [7, 11) is 0. The van der Waals surface area contributed by atoms with Crippen LogP contribution in [0.5, 0.6) is 0 Å². The maximum absolute atomic E-state index is 11.9. The van der Waals surface area contributed by atoms with Gasteiger partial charge in [0, 0.05) is 0 Å². The second-order valence-electron chi connectivity index (χ2n) is 3.90. The zero-order chi connectivity index (χ0) is 13.9. The monoisotopic (exact) mass is 291 g/mol. The Morgan fingerprint density at radius 2 is 1.94 bits per heavy atom. The zero-order valence-electron chi connectivity index (χ0n) is 9.65. The summed E-state index contributed by atoms with van der Waals surface area (Å²) >= 11 is 11.3. The van der Waals surface area contributed by atoms with E-state index in [1.54, 1.807) is 13.8 Å². The first-order chi connectivity index (χ1) is 8.32. The number of aromatic nitrogens is 2. The van der Waals surface area contributed by atoms with Gasteiger partial charge in [0.05, 0.1) is 5.56 Å². The molecule has 1 rings (SSSR count). The van der Waals surface area contributed by atoms with Crippen LogP contribution >= 0.6 is 23.2 Å². The summed E-state index contributed by atoms with van der Waals surface area (Å²) in [5, 5.41) is 18.1. The summed E-state index contributed by atoms with van der Waals surface area (Å²) in [6.07, 6.45) is 0. The van der Waals surface area contributed by atoms with Gasteiger partial charge in [-0.25, -0.2) is 4.79 Å². The lowest BCUT2D eigenvalue weighted by Gasteiger charge is -2.17. The Balaban J connectivity index is 2.94. The molecule has 0 aliphatic heterocycles. The first-order valence-corrected chi connectivity index (χ1v) is 5.81. The molecule has 0 radical (unpaired) electrons. The van der Waals surface area contributed by atoms with Crippen molar-refractivity contribution in [3.8, 4) is 0 Å². The van der Waals surface area contributed by atoms with E-state index in [1.165, 1.54) is 6.07 Å². The molecule has 1 atom stereocenters. The second-order valence-corrected chi connectivity index (χ2v) is 4.65. The number of nitrogens with zero attached hydrogens (tertiary/aromatic N) is 2. The molecule has 0 aromatic carbocycles. The summed E-state index contributed by atoms with van der Waals surface area (Å²) in [4.78, 5) is 22.8. The molecule has 0 saturated carbocycles. The van der Waals surface area contributed by atoms with Crippen molar-refractivity contribution >= 4 is 35.1 Å². The largest absolute Gasteiger partial charge is 0.480 e. The number of hydrogen-bond acceptors (Lipinski definition) is 4. The lowest BCUT2D eigenvalue weighted by Crippen LogP contribution is -2.44. The Kier molecular flexibility index (Phi) is 4.86. The van der Waals surface area contributed by atoms with E-state index in [4.69, 9.17) is 28.3 Å². The first-order valence-electron chi connectivity index (χ1n) is 5.05. The third-order valence-electron chi connectivity index (χ3n) is 2.18. The molecule has 0 bridgehead atoms. The molecule has 18 heavy (non-hydrogen) atoms. The number of hydrogen-bond donors (Lipinski definition) is 2. The van der Waals surface area contributed by atoms with E-state index in [9.17, 15) is 9.59 Å². The number of halogens is 2. The van der Waals surface area contributed by atoms with Crippen molar-refractivity contribution in [2.24, 2.45) is 5.92 Å². The highest BCUT2D eigenvalue weighted by Crippen LogP contribution is 2.16. The number of carboxylic acids is 1. The summed E-state index contributed by atoms with van der Waals surface area (Å²) in [5.41, 5.74) is -0.0106. The van der Waals surface area contributed by atoms with Crippen LogP contribution in [0.1, 0.15) is 24.2 Å². The number of carbonyl (C=O) groups excluding carboxylic acids is 1. The van der Waals surface area contributed by atoms with Gasteiger partial charge in [0.2, 0.25) is 0 Å². The van der Waals surface area contributed by atoms with Crippen molar-refractivity contribution in [2.45, 2.75) is 19.9 Å². The highest BCUT2D eigenvalue weighted by molar-refractivity contribution is 6.34. The summed E-state index contributed by atoms with van der Waals surface area (Å²) in [6, 6.07) is 0.214. The van der Waals surface area contributed by atoms with Crippen molar-refractivity contribution in [1.82, 2.24) is 15.5 Å². The molecule has 6 nitrogen and oxygen atoms in total. The van der Waals surface area contributed by atoms with E-state index in [0.717, 1.165) is 0 Å². The Morgan fingerprint density at radius 3 is 2.44 bits per heavy atom. The van der Waals surface area contributed by atoms with Crippen molar-refractivity contribution in [3.05, 3.63) is 21.9 Å². The lowest BCUT2D eigenvalue weighted by molar-refractivity contribution is -0.140. The number of rotatable bonds is 4. The normalized spacial score (nSPS) is 12.3. The number of nitrogens with one attached hydrogen (secondary N) is 1. The van der Waals surface area contributed by atoms with E-state index < -0.39 is 17.9 Å². The topological polar surface area (TPSA) is 92.2 Å². The van der Waals surface area contributed by atoms with Gasteiger partial charge in [-0.2, -0.15) is 0 Å². The highest BCUT2D eigenvalue weighted by atomic mass is 35.5. The smallest absolute Gasteiger partial charge is 0.326 e. The fourth-order valence-electron chi connectivity index (χ4n) is 1.24. The van der Waals surface area contributed by atoms with Crippen molar-refractivity contribution in [2.75, 3.05) is 0 Å². The minimum atomic E-state index is -1.12. The maximum Gasteiger partial charge on any atom is 0.326 e. The van der Waals surface area contributed by atoms with Crippen molar-refractivity contribution in [1.29, 1.82) is 0 Å². The average molecular weight is 292 g/mol. The molecule has 0 aliphatic carbocycles. The van der Waals surface area contributed by atoms with Gasteiger partial charge in [-0.05, 0) is 12.0 Å². The van der Waals surface area contributed by atoms with Gasteiger partial charge in [-0.15, -0.1) is 10.2 Å². The summed E-state index contributed by atoms with van der Waals surface area (Å²) < 4.78 is 0. The predicted octanol–water partition coefficient (Wildman–Crippen LogP) is 1.62. The third-order valence-corrected chi connectivity index (χ3v) is 2.65. The third kappa shape index (κ3) is 3.54. The van der Waals surface area contributed by atoms with E-state index in [1.807, 2.05) is 0 Å². The molecular formula is C10H11Cl2N3O3. The first kappa shape index (κ1) is 14.7. The van der Waals surface area contributed by atoms with Gasteiger partial charge in [0.1, 0.15) is 6.04 Å². The summed E-state index contributed by atoms with van der Waals surface area (Å²) in [6.45, 7) is 3.36. The molecule has 98 valence electrons. The van der Waals surface area contributed by atoms with Crippen molar-refractivity contribution in [3.63, 3.8) is 0 Å². The number of carbonyl (C=O) groups is 2. The number of amides is 1. The lowest BCUT2D eigenvalue weighted by atomic mass is 10.0. The molecule has 0 aliphatic rings. The van der Waals surface area contributed by atoms with Crippen LogP contribution in [0.4, 0.5) is 0 Å². The van der Waals surface area contributed by atoms with Gasteiger partial charge in [-0.3, -0.25) is 4.79 Å². The zero-order valence-corrected chi connectivity index (χ0v) is 11.2. The highest BCUT2D eigenvalue weighted by Gasteiger charge is 2.25. The molecule has 0 saturated heterocycles. The van der Waals surface area contributed by atoms with E-state index >= 15 is 0 Å². The maximum atomic E-state index is 11.9. The van der Waals surface area contributed by atoms with Gasteiger partial charge in [0.25, 0.3) is 5.91 Å². The molecule has 1 aromatic rings. The van der Waals surface area contributed by atoms with E-state index in [0.29, 0.717) is 0 Å². The number of carboxylic acid groups (broad SMARTS) is 1. The Bertz CT molecular complexity index is 479. The molecule has 8 heteroatoms. The van der Waals surface area contributed by atoms with E-state index in [-0.39, 0.29) is 21.8 Å². The molecule has 1 amide bonds. The Hall–Kier alpha value is -1.40. The van der Waals surface area contributed by atoms with Crippen LogP contribution in [0, 0.1) is 5.92 Å². The quantitative estimate of drug-likeness (QED) is 0.879. The molecule has 0 spiro atoms. The molecule has 1 aromatic heterocycles. The minimum Gasteiger partial charge on any atom is -0.480 e.